The molecular weight excluding hydrogens is 386 g/mol. The minimum Gasteiger partial charge on any atom is -0.379 e. The van der Waals surface area contributed by atoms with E-state index < -0.39 is 0 Å². The van der Waals surface area contributed by atoms with Gasteiger partial charge in [0.25, 0.3) is 0 Å². The standard InChI is InChI=1S/C12H16NO.C6H4.V.Y/c1-8(2)13-12(14)11-9(3)6-5-7-10(11)4;1-2-4-6-5-3-1;;/h5-8H,1H2,2-4H3,(H,13,14);1-2,5-6H;;/q-1;-2;+2;/t8-;;;/m1.../s1. The van der Waals surface area contributed by atoms with E-state index in [9.17, 15) is 4.79 Å². The monoisotopic (exact) mass is 406 g/mol. The topological polar surface area (TPSA) is 29.1 Å². The van der Waals surface area contributed by atoms with E-state index in [1.807, 2.05) is 63.2 Å². The Bertz CT molecular complexity index is 497. The number of nitrogens with one attached hydrogen (secondary N) is 1. The molecule has 22 heavy (non-hydrogen) atoms. The van der Waals surface area contributed by atoms with Crippen molar-refractivity contribution in [2.24, 2.45) is 0 Å². The molecule has 1 amide bonds. The van der Waals surface area contributed by atoms with Gasteiger partial charge in [-0.3, -0.25) is 29.1 Å². The fraction of sp³-hybridized carbons (Fsp3) is 0.222. The van der Waals surface area contributed by atoms with Crippen LogP contribution in [0, 0.1) is 32.9 Å². The molecule has 0 saturated carbocycles. The second-order valence-corrected chi connectivity index (χ2v) is 4.64. The molecule has 0 saturated heterocycles. The number of amides is 1. The molecule has 4 heteroatoms. The summed E-state index contributed by atoms with van der Waals surface area (Å²) in [5.74, 6) is -0.0388. The molecule has 2 aromatic rings. The van der Waals surface area contributed by atoms with E-state index in [2.05, 4.69) is 24.4 Å². The predicted molar refractivity (Wildman–Crippen MR) is 82.3 cm³/mol. The van der Waals surface area contributed by atoms with E-state index >= 15 is 0 Å². The molecule has 2 radical (unpaired) electrons. The smallest absolute Gasteiger partial charge is 0.379 e. The molecule has 0 spiro atoms. The number of hydrogen-bond acceptors (Lipinski definition) is 1. The number of aryl methyl sites for hydroxylation is 2. The van der Waals surface area contributed by atoms with Crippen LogP contribution in [-0.2, 0) is 51.3 Å². The van der Waals surface area contributed by atoms with Crippen molar-refractivity contribution in [3.05, 3.63) is 78.2 Å². The van der Waals surface area contributed by atoms with Gasteiger partial charge in [-0.15, -0.1) is 0 Å². The van der Waals surface area contributed by atoms with E-state index in [4.69, 9.17) is 0 Å². The van der Waals surface area contributed by atoms with Crippen LogP contribution in [0.25, 0.3) is 0 Å². The SMILES string of the molecule is [CH2-][C@H](C)NC(=O)c1c(C)cccc1C.[V+2].[Y].[c-]1cc[c-]cc1. The Labute approximate surface area is 171 Å². The minimum absolute atomic E-state index is 0. The maximum atomic E-state index is 11.7. The minimum atomic E-state index is -0.0680. The Morgan fingerprint density at radius 2 is 1.50 bits per heavy atom. The van der Waals surface area contributed by atoms with Crippen molar-refractivity contribution in [1.82, 2.24) is 5.32 Å². The predicted octanol–water partition coefficient (Wildman–Crippen LogP) is 3.54. The Hall–Kier alpha value is -0.402. The molecule has 0 aliphatic heterocycles. The molecule has 2 aromatic carbocycles. The Morgan fingerprint density at radius 1 is 1.09 bits per heavy atom. The summed E-state index contributed by atoms with van der Waals surface area (Å²) in [6, 6.07) is 18.8. The van der Waals surface area contributed by atoms with Gasteiger partial charge in [-0.2, -0.15) is 0 Å². The number of hydrogen-bond donors (Lipinski definition) is 1. The van der Waals surface area contributed by atoms with E-state index in [0.717, 1.165) is 16.7 Å². The zero-order chi connectivity index (χ0) is 15.0. The van der Waals surface area contributed by atoms with Gasteiger partial charge in [-0.1, -0.05) is 31.2 Å². The van der Waals surface area contributed by atoms with Crippen LogP contribution in [-0.4, -0.2) is 11.9 Å². The molecule has 0 fully saturated rings. The number of carbonyl (C=O) groups is 1. The third-order valence-corrected chi connectivity index (χ3v) is 2.64. The first-order valence-electron chi connectivity index (χ1n) is 6.54. The fourth-order valence-electron chi connectivity index (χ4n) is 1.77. The quantitative estimate of drug-likeness (QED) is 0.760. The van der Waals surface area contributed by atoms with Crippen molar-refractivity contribution < 1.29 is 56.1 Å². The molecule has 1 atom stereocenters. The van der Waals surface area contributed by atoms with Crippen LogP contribution < -0.4 is 5.32 Å². The Balaban J connectivity index is 0. The van der Waals surface area contributed by atoms with Gasteiger partial charge in [0, 0.05) is 38.3 Å². The van der Waals surface area contributed by atoms with Crippen LogP contribution in [0.4, 0.5) is 0 Å². The first-order valence-corrected chi connectivity index (χ1v) is 6.54. The van der Waals surface area contributed by atoms with Crippen molar-refractivity contribution in [2.45, 2.75) is 26.8 Å². The Kier molecular flexibility index (Phi) is 14.2. The van der Waals surface area contributed by atoms with Crippen molar-refractivity contribution >= 4 is 5.91 Å². The molecule has 0 bridgehead atoms. The number of benzene rings is 2. The van der Waals surface area contributed by atoms with Gasteiger partial charge in [0.15, 0.2) is 0 Å². The summed E-state index contributed by atoms with van der Waals surface area (Å²) in [5.41, 5.74) is 2.77. The Morgan fingerprint density at radius 3 is 1.82 bits per heavy atom. The normalized spacial score (nSPS) is 10.0. The largest absolute Gasteiger partial charge is 2.00 e. The molecule has 2 nitrogen and oxygen atoms in total. The van der Waals surface area contributed by atoms with Crippen molar-refractivity contribution in [2.75, 3.05) is 0 Å². The maximum absolute atomic E-state index is 11.7. The molecule has 0 aliphatic carbocycles. The van der Waals surface area contributed by atoms with Crippen molar-refractivity contribution in [3.8, 4) is 0 Å². The van der Waals surface area contributed by atoms with Gasteiger partial charge in [0.2, 0.25) is 5.91 Å². The van der Waals surface area contributed by atoms with Crippen LogP contribution in [0.3, 0.4) is 0 Å². The molecule has 0 unspecified atom stereocenters. The zero-order valence-corrected chi connectivity index (χ0v) is 17.5. The molecule has 1 N–H and O–H groups in total. The van der Waals surface area contributed by atoms with Crippen molar-refractivity contribution in [3.63, 3.8) is 0 Å². The third kappa shape index (κ3) is 8.90. The summed E-state index contributed by atoms with van der Waals surface area (Å²) in [7, 11) is 0. The van der Waals surface area contributed by atoms with E-state index in [1.165, 1.54) is 0 Å². The van der Waals surface area contributed by atoms with Crippen molar-refractivity contribution in [1.29, 1.82) is 0 Å². The molecule has 0 aromatic heterocycles. The first-order chi connectivity index (χ1) is 9.52. The zero-order valence-electron chi connectivity index (χ0n) is 13.3. The van der Waals surface area contributed by atoms with Gasteiger partial charge in [-0.25, -0.2) is 0 Å². The number of rotatable bonds is 2. The number of carbonyl (C=O) groups excluding carboxylic acids is 1. The summed E-state index contributed by atoms with van der Waals surface area (Å²) in [4.78, 5) is 11.7. The molecule has 2 rings (SSSR count). The fourth-order valence-corrected chi connectivity index (χ4v) is 1.77. The van der Waals surface area contributed by atoms with Gasteiger partial charge in [0.05, 0.1) is 0 Å². The second kappa shape index (κ2) is 13.1. The average Bonchev–Trinajstić information content (AvgIpc) is 2.40. The first kappa shape index (κ1) is 23.9. The molecular formula is C18H20NOVY-. The van der Waals surface area contributed by atoms with E-state index in [1.54, 1.807) is 0 Å². The summed E-state index contributed by atoms with van der Waals surface area (Å²) >= 11 is 0. The van der Waals surface area contributed by atoms with Gasteiger partial charge < -0.3 is 24.4 Å². The molecule has 0 heterocycles. The summed E-state index contributed by atoms with van der Waals surface area (Å²) in [6.45, 7) is 9.46. The van der Waals surface area contributed by atoms with Crippen LogP contribution >= 0.6 is 0 Å². The van der Waals surface area contributed by atoms with Gasteiger partial charge in [-0.05, 0) is 25.0 Å². The second-order valence-electron chi connectivity index (χ2n) is 4.64. The van der Waals surface area contributed by atoms with Crippen LogP contribution in [0.15, 0.2) is 42.5 Å². The third-order valence-electron chi connectivity index (χ3n) is 2.64. The average molecular weight is 406 g/mol. The summed E-state index contributed by atoms with van der Waals surface area (Å²) in [6.07, 6.45) is 0. The summed E-state index contributed by atoms with van der Waals surface area (Å²) < 4.78 is 0. The summed E-state index contributed by atoms with van der Waals surface area (Å²) in [5, 5.41) is 2.79. The van der Waals surface area contributed by atoms with Crippen LogP contribution in [0.2, 0.25) is 0 Å². The van der Waals surface area contributed by atoms with Crippen LogP contribution in [0.1, 0.15) is 28.4 Å². The van der Waals surface area contributed by atoms with E-state index in [-0.39, 0.29) is 63.2 Å². The maximum Gasteiger partial charge on any atom is 2.00 e. The molecule has 0 aliphatic rings. The van der Waals surface area contributed by atoms with E-state index in [0.29, 0.717) is 0 Å². The van der Waals surface area contributed by atoms with Gasteiger partial charge >= 0.3 is 18.6 Å². The molecule has 112 valence electrons. The van der Waals surface area contributed by atoms with Crippen LogP contribution in [0.5, 0.6) is 0 Å². The van der Waals surface area contributed by atoms with Gasteiger partial charge in [0.1, 0.15) is 0 Å².